The molecule has 3 heterocycles. The first-order valence-electron chi connectivity index (χ1n) is 17.9. The standard InChI is InChI=1S/C23H27N3O2.C17H26BNO4/c1-23(2,3)28-22(27)26-12-9-17(10-13-26)14-18-6-5-7-19(15-18)21-16-20(24-4)8-11-25-21;1-17(2,3)23-16(20)19-9-7-13(8-10-19)11-14-5-4-6-15(12-14)18(21)22/h5-8,11,15-17H,9-10,12-14H2,1-3H3;4-6,12-13,21-22H,7-11H2,1-3H3. The number of nitrogens with zero attached hydrogens (tertiary/aromatic N) is 4. The van der Waals surface area contributed by atoms with Gasteiger partial charge < -0.3 is 29.3 Å². The maximum absolute atomic E-state index is 12.2. The van der Waals surface area contributed by atoms with Gasteiger partial charge in [0.1, 0.15) is 11.2 Å². The van der Waals surface area contributed by atoms with Crippen molar-refractivity contribution in [1.29, 1.82) is 0 Å². The van der Waals surface area contributed by atoms with Gasteiger partial charge in [0.25, 0.3) is 0 Å². The van der Waals surface area contributed by atoms with Crippen molar-refractivity contribution in [1.82, 2.24) is 14.8 Å². The van der Waals surface area contributed by atoms with Gasteiger partial charge in [0.2, 0.25) is 0 Å². The lowest BCUT2D eigenvalue weighted by molar-refractivity contribution is 0.0174. The third kappa shape index (κ3) is 13.0. The van der Waals surface area contributed by atoms with E-state index in [0.717, 1.165) is 68.4 Å². The topological polar surface area (TPSA) is 117 Å². The number of carbonyl (C=O) groups excluding carboxylic acids is 2. The summed E-state index contributed by atoms with van der Waals surface area (Å²) in [5, 5.41) is 18.5. The van der Waals surface area contributed by atoms with E-state index in [1.165, 1.54) is 5.56 Å². The molecule has 1 aromatic heterocycles. The number of benzene rings is 2. The number of aromatic nitrogens is 1. The van der Waals surface area contributed by atoms with Crippen LogP contribution in [0.1, 0.15) is 78.4 Å². The largest absolute Gasteiger partial charge is 0.488 e. The lowest BCUT2D eigenvalue weighted by Gasteiger charge is -2.33. The molecule has 5 rings (SSSR count). The van der Waals surface area contributed by atoms with Crippen molar-refractivity contribution in [2.24, 2.45) is 11.8 Å². The number of hydrogen-bond donors (Lipinski definition) is 2. The van der Waals surface area contributed by atoms with Crippen LogP contribution in [0.15, 0.2) is 66.9 Å². The molecular weight excluding hydrogens is 643 g/mol. The molecule has 0 atom stereocenters. The normalized spacial score (nSPS) is 15.7. The van der Waals surface area contributed by atoms with Crippen molar-refractivity contribution >= 4 is 30.5 Å². The minimum Gasteiger partial charge on any atom is -0.444 e. The fourth-order valence-electron chi connectivity index (χ4n) is 6.34. The summed E-state index contributed by atoms with van der Waals surface area (Å²) in [4.78, 5) is 35.7. The van der Waals surface area contributed by atoms with Gasteiger partial charge in [-0.25, -0.2) is 14.4 Å². The summed E-state index contributed by atoms with van der Waals surface area (Å²) in [6.45, 7) is 21.4. The number of likely N-dealkylation sites (tertiary alicyclic amines) is 2. The van der Waals surface area contributed by atoms with E-state index in [0.29, 0.717) is 36.1 Å². The molecule has 2 aliphatic heterocycles. The Morgan fingerprint density at radius 3 is 1.75 bits per heavy atom. The Balaban J connectivity index is 0.000000233. The van der Waals surface area contributed by atoms with Crippen LogP contribution in [0.25, 0.3) is 16.1 Å². The van der Waals surface area contributed by atoms with E-state index < -0.39 is 18.3 Å². The molecule has 0 bridgehead atoms. The molecule has 11 heteroatoms. The maximum Gasteiger partial charge on any atom is 0.488 e. The predicted octanol–water partition coefficient (Wildman–Crippen LogP) is 7.04. The van der Waals surface area contributed by atoms with Crippen molar-refractivity contribution in [3.8, 4) is 11.3 Å². The van der Waals surface area contributed by atoms with Gasteiger partial charge in [-0.05, 0) is 132 Å². The van der Waals surface area contributed by atoms with E-state index in [2.05, 4.69) is 22.0 Å². The molecule has 2 aliphatic rings. The number of rotatable bonds is 6. The minimum atomic E-state index is -1.43. The van der Waals surface area contributed by atoms with Gasteiger partial charge in [-0.2, -0.15) is 0 Å². The Morgan fingerprint density at radius 1 is 0.784 bits per heavy atom. The highest BCUT2D eigenvalue weighted by atomic mass is 16.6. The molecule has 51 heavy (non-hydrogen) atoms. The van der Waals surface area contributed by atoms with Gasteiger partial charge in [-0.15, -0.1) is 0 Å². The minimum absolute atomic E-state index is 0.210. The summed E-state index contributed by atoms with van der Waals surface area (Å²) < 4.78 is 10.9. The third-order valence-corrected chi connectivity index (χ3v) is 8.93. The SMILES string of the molecule is CC(C)(C)OC(=O)N1CCC(Cc2cccc(B(O)O)c2)CC1.[C-]#[N+]c1ccnc(-c2cccc(CC3CCN(C(=O)OC(C)(C)C)CC3)c2)c1. The third-order valence-electron chi connectivity index (χ3n) is 8.93. The van der Waals surface area contributed by atoms with E-state index >= 15 is 0 Å². The van der Waals surface area contributed by atoms with E-state index in [9.17, 15) is 19.6 Å². The fourth-order valence-corrected chi connectivity index (χ4v) is 6.34. The van der Waals surface area contributed by atoms with Gasteiger partial charge in [0.15, 0.2) is 5.69 Å². The van der Waals surface area contributed by atoms with Crippen LogP contribution in [0, 0.1) is 18.4 Å². The molecule has 2 saturated heterocycles. The summed E-state index contributed by atoms with van der Waals surface area (Å²) in [7, 11) is -1.43. The molecule has 2 fully saturated rings. The summed E-state index contributed by atoms with van der Waals surface area (Å²) in [5.41, 5.74) is 4.45. The van der Waals surface area contributed by atoms with Crippen LogP contribution in [0.4, 0.5) is 15.3 Å². The molecule has 0 aliphatic carbocycles. The van der Waals surface area contributed by atoms with E-state index in [4.69, 9.17) is 16.0 Å². The average molecular weight is 697 g/mol. The van der Waals surface area contributed by atoms with Crippen LogP contribution in [0.5, 0.6) is 0 Å². The number of carbonyl (C=O) groups is 2. The highest BCUT2D eigenvalue weighted by Gasteiger charge is 2.28. The zero-order chi connectivity index (χ0) is 37.2. The zero-order valence-corrected chi connectivity index (χ0v) is 31.0. The van der Waals surface area contributed by atoms with Crippen molar-refractivity contribution < 1.29 is 29.1 Å². The smallest absolute Gasteiger partial charge is 0.444 e. The first-order valence-corrected chi connectivity index (χ1v) is 17.9. The monoisotopic (exact) mass is 696 g/mol. The quantitative estimate of drug-likeness (QED) is 0.210. The second-order valence-corrected chi connectivity index (χ2v) is 15.6. The highest BCUT2D eigenvalue weighted by molar-refractivity contribution is 6.58. The van der Waals surface area contributed by atoms with E-state index in [1.54, 1.807) is 23.2 Å². The van der Waals surface area contributed by atoms with Crippen LogP contribution in [-0.2, 0) is 22.3 Å². The van der Waals surface area contributed by atoms with Crippen LogP contribution in [0.2, 0.25) is 0 Å². The number of ether oxygens (including phenoxy) is 2. The first-order chi connectivity index (χ1) is 24.1. The molecule has 3 aromatic rings. The zero-order valence-electron chi connectivity index (χ0n) is 31.0. The molecule has 2 N–H and O–H groups in total. The number of amides is 2. The Morgan fingerprint density at radius 2 is 1.27 bits per heavy atom. The molecule has 0 saturated carbocycles. The molecule has 2 aromatic carbocycles. The van der Waals surface area contributed by atoms with Gasteiger partial charge in [0, 0.05) is 32.4 Å². The second kappa shape index (κ2) is 17.7. The van der Waals surface area contributed by atoms with E-state index in [1.807, 2.05) is 82.8 Å². The molecule has 0 radical (unpaired) electrons. The summed E-state index contributed by atoms with van der Waals surface area (Å²) in [6, 6.07) is 19.3. The molecule has 0 unspecified atom stereocenters. The molecular formula is C40H53BN4O6. The van der Waals surface area contributed by atoms with Gasteiger partial charge in [0.05, 0.1) is 12.3 Å². The number of hydrogen-bond acceptors (Lipinski definition) is 7. The summed E-state index contributed by atoms with van der Waals surface area (Å²) in [5.74, 6) is 1.05. The van der Waals surface area contributed by atoms with Crippen molar-refractivity contribution in [3.63, 3.8) is 0 Å². The Bertz CT molecular complexity index is 1650. The number of piperidine rings is 2. The van der Waals surface area contributed by atoms with E-state index in [-0.39, 0.29) is 12.2 Å². The van der Waals surface area contributed by atoms with Gasteiger partial charge in [-0.1, -0.05) is 42.5 Å². The molecule has 0 spiro atoms. The molecule has 272 valence electrons. The Labute approximate surface area is 303 Å². The predicted molar refractivity (Wildman–Crippen MR) is 201 cm³/mol. The van der Waals surface area contributed by atoms with Crippen molar-refractivity contribution in [2.75, 3.05) is 26.2 Å². The van der Waals surface area contributed by atoms with Gasteiger partial charge >= 0.3 is 19.3 Å². The number of pyridine rings is 1. The maximum atomic E-state index is 12.2. The summed E-state index contributed by atoms with van der Waals surface area (Å²) in [6.07, 6.45) is 6.95. The van der Waals surface area contributed by atoms with Crippen molar-refractivity contribution in [2.45, 2.75) is 91.3 Å². The van der Waals surface area contributed by atoms with Crippen LogP contribution in [0.3, 0.4) is 0 Å². The highest BCUT2D eigenvalue weighted by Crippen LogP contribution is 2.27. The second-order valence-electron chi connectivity index (χ2n) is 15.6. The molecule has 2 amide bonds. The lowest BCUT2D eigenvalue weighted by atomic mass is 9.78. The summed E-state index contributed by atoms with van der Waals surface area (Å²) >= 11 is 0. The van der Waals surface area contributed by atoms with Gasteiger partial charge in [-0.3, -0.25) is 4.98 Å². The van der Waals surface area contributed by atoms with Crippen LogP contribution in [-0.4, -0.2) is 81.5 Å². The Hall–Kier alpha value is -4.40. The lowest BCUT2D eigenvalue weighted by Crippen LogP contribution is -2.42. The Kier molecular flexibility index (Phi) is 13.7. The fraction of sp³-hybridized carbons (Fsp3) is 0.500. The van der Waals surface area contributed by atoms with Crippen molar-refractivity contribution in [3.05, 3.63) is 89.4 Å². The van der Waals surface area contributed by atoms with Crippen LogP contribution < -0.4 is 5.46 Å². The first kappa shape index (κ1) is 39.4. The molecule has 10 nitrogen and oxygen atoms in total. The average Bonchev–Trinajstić information content (AvgIpc) is 3.08. The van der Waals surface area contributed by atoms with Crippen LogP contribution >= 0.6 is 0 Å².